The highest BCUT2D eigenvalue weighted by Gasteiger charge is 2.80. The second-order valence-corrected chi connectivity index (χ2v) is 14.9. The number of aromatic amines is 1. The second-order valence-electron chi connectivity index (χ2n) is 10.2. The molecule has 0 amide bonds. The van der Waals surface area contributed by atoms with E-state index in [1.165, 1.54) is 10.9 Å². The molecule has 4 unspecified atom stereocenters. The van der Waals surface area contributed by atoms with Crippen LogP contribution in [0.1, 0.15) is 12.5 Å². The van der Waals surface area contributed by atoms with Crippen LogP contribution < -0.4 is 17.0 Å². The Morgan fingerprint density at radius 3 is 2.51 bits per heavy atom. The third-order valence-electron chi connectivity index (χ3n) is 7.58. The standard InChI is InChI=1S/C20H22F2N10O9P2S2/c21-6-5(1-37-42(35)44)38-17(32-4-28-8-15(32)29-19(24)30-16(8)33)9(6)40-43(36,45)41-12-11-20(12,34)10(22)18(39-11)31-3-27-7-13(23)25-2-26-14(7)31/h2-6,9-12,17-18,34,42H,1H2,(H,35,44)(H,36,45)(H2,23,25,26)(H3,24,29,30,33)/t5-,6-,9?,10+,11-,12?,17-,18-,20+,43?/m1/s1. The van der Waals surface area contributed by atoms with Crippen LogP contribution in [-0.2, 0) is 46.7 Å². The molecule has 2 aliphatic heterocycles. The Hall–Kier alpha value is -2.66. The minimum Gasteiger partial charge on any atom is -0.382 e. The molecule has 19 nitrogen and oxygen atoms in total. The molecule has 11 atom stereocenters. The van der Waals surface area contributed by atoms with Gasteiger partial charge in [-0.2, -0.15) is 4.98 Å². The van der Waals surface area contributed by atoms with Crippen LogP contribution in [0.3, 0.4) is 0 Å². The van der Waals surface area contributed by atoms with E-state index >= 15 is 8.78 Å². The van der Waals surface area contributed by atoms with Crippen LogP contribution in [0.2, 0.25) is 0 Å². The molecule has 7 rings (SSSR count). The number of hydrogen-bond acceptors (Lipinski definition) is 16. The molecule has 1 aliphatic carbocycles. The molecule has 4 aromatic heterocycles. The van der Waals surface area contributed by atoms with Gasteiger partial charge in [-0.05, 0) is 23.6 Å². The number of nitrogen functional groups attached to an aromatic ring is 2. The minimum absolute atomic E-state index is 0.0566. The van der Waals surface area contributed by atoms with E-state index in [1.54, 1.807) is 0 Å². The van der Waals surface area contributed by atoms with Gasteiger partial charge in [-0.15, -0.1) is 0 Å². The van der Waals surface area contributed by atoms with Gasteiger partial charge in [0, 0.05) is 0 Å². The monoisotopic (exact) mass is 710 g/mol. The maximum Gasteiger partial charge on any atom is 0.325 e. The van der Waals surface area contributed by atoms with E-state index in [-0.39, 0.29) is 34.1 Å². The Kier molecular flexibility index (Phi) is 7.54. The number of alkyl halides is 2. The molecule has 3 fully saturated rings. The first-order valence-corrected chi connectivity index (χ1v) is 17.9. The molecule has 1 saturated carbocycles. The van der Waals surface area contributed by atoms with Crippen LogP contribution in [0, 0.1) is 0 Å². The Labute approximate surface area is 259 Å². The number of nitrogens with zero attached hydrogens (tertiary/aromatic N) is 7. The van der Waals surface area contributed by atoms with Crippen molar-refractivity contribution >= 4 is 71.6 Å². The smallest absolute Gasteiger partial charge is 0.325 e. The van der Waals surface area contributed by atoms with Crippen molar-refractivity contribution in [3.05, 3.63) is 29.3 Å². The van der Waals surface area contributed by atoms with Crippen molar-refractivity contribution in [3.8, 4) is 0 Å². The number of anilines is 2. The highest BCUT2D eigenvalue weighted by molar-refractivity contribution is 8.07. The lowest BCUT2D eigenvalue weighted by atomic mass is 10.1. The molecule has 0 spiro atoms. The van der Waals surface area contributed by atoms with Crippen molar-refractivity contribution in [1.29, 1.82) is 0 Å². The maximum atomic E-state index is 15.8. The molecule has 45 heavy (non-hydrogen) atoms. The van der Waals surface area contributed by atoms with Crippen LogP contribution >= 0.6 is 13.9 Å². The predicted octanol–water partition coefficient (Wildman–Crippen LogP) is -1.16. The summed E-state index contributed by atoms with van der Waals surface area (Å²) in [5.41, 5.74) is 8.57. The zero-order valence-corrected chi connectivity index (χ0v) is 25.7. The zero-order chi connectivity index (χ0) is 32.0. The molecule has 2 saturated heterocycles. The van der Waals surface area contributed by atoms with Crippen LogP contribution in [-0.4, -0.2) is 103 Å². The number of fused-ring (bicyclic) bond motifs is 3. The lowest BCUT2D eigenvalue weighted by Gasteiger charge is -2.27. The van der Waals surface area contributed by atoms with E-state index in [1.807, 2.05) is 0 Å². The van der Waals surface area contributed by atoms with E-state index in [2.05, 4.69) is 41.7 Å². The van der Waals surface area contributed by atoms with Crippen LogP contribution in [0.25, 0.3) is 22.3 Å². The first-order valence-electron chi connectivity index (χ1n) is 12.8. The van der Waals surface area contributed by atoms with E-state index in [0.717, 1.165) is 17.2 Å². The van der Waals surface area contributed by atoms with Gasteiger partial charge in [0.1, 0.15) is 36.3 Å². The number of hydrogen-bond donors (Lipinski definition) is 6. The fourth-order valence-corrected chi connectivity index (χ4v) is 7.68. The average Bonchev–Trinajstić information content (AvgIpc) is 3.49. The van der Waals surface area contributed by atoms with Gasteiger partial charge in [-0.1, -0.05) is 0 Å². The summed E-state index contributed by atoms with van der Waals surface area (Å²) in [6.45, 7) is -5.01. The number of rotatable bonds is 9. The van der Waals surface area contributed by atoms with Gasteiger partial charge in [0.25, 0.3) is 5.56 Å². The number of ether oxygens (including phenoxy) is 2. The van der Waals surface area contributed by atoms with Crippen molar-refractivity contribution in [1.82, 2.24) is 39.0 Å². The third-order valence-corrected chi connectivity index (χ3v) is 9.87. The van der Waals surface area contributed by atoms with Gasteiger partial charge in [0.2, 0.25) is 5.95 Å². The molecule has 3 aliphatic rings. The quantitative estimate of drug-likeness (QED) is 0.112. The van der Waals surface area contributed by atoms with Crippen molar-refractivity contribution in [3.63, 3.8) is 0 Å². The molecule has 25 heteroatoms. The number of H-pyrrole nitrogens is 1. The summed E-state index contributed by atoms with van der Waals surface area (Å²) >= 11 is 9.77. The molecule has 8 N–H and O–H groups in total. The van der Waals surface area contributed by atoms with Gasteiger partial charge < -0.3 is 40.4 Å². The predicted molar refractivity (Wildman–Crippen MR) is 155 cm³/mol. The number of aliphatic hydroxyl groups is 1. The molecular weight excluding hydrogens is 688 g/mol. The van der Waals surface area contributed by atoms with Crippen molar-refractivity contribution in [2.75, 3.05) is 18.1 Å². The summed E-state index contributed by atoms with van der Waals surface area (Å²) in [6, 6.07) is 0. The van der Waals surface area contributed by atoms with Crippen molar-refractivity contribution < 1.29 is 46.7 Å². The average molecular weight is 711 g/mol. The number of nitrogens with one attached hydrogen (secondary N) is 1. The zero-order valence-electron chi connectivity index (χ0n) is 22.2. The van der Waals surface area contributed by atoms with Gasteiger partial charge in [0.15, 0.2) is 60.2 Å². The van der Waals surface area contributed by atoms with Gasteiger partial charge in [0.05, 0.1) is 19.3 Å². The van der Waals surface area contributed by atoms with Crippen LogP contribution in [0.15, 0.2) is 23.8 Å². The number of nitrogens with two attached hydrogens (primary N) is 2. The Morgan fingerprint density at radius 2 is 1.82 bits per heavy atom. The topological polar surface area (TPSA) is 266 Å². The third kappa shape index (κ3) is 5.07. The van der Waals surface area contributed by atoms with E-state index in [0.29, 0.717) is 0 Å². The highest BCUT2D eigenvalue weighted by atomic mass is 32.5. The summed E-state index contributed by atoms with van der Waals surface area (Å²) in [5, 5.41) is 11.1. The van der Waals surface area contributed by atoms with Crippen LogP contribution in [0.4, 0.5) is 20.5 Å². The lowest BCUT2D eigenvalue weighted by Crippen LogP contribution is -2.35. The number of imidazole rings is 2. The highest BCUT2D eigenvalue weighted by Crippen LogP contribution is 2.63. The van der Waals surface area contributed by atoms with E-state index in [4.69, 9.17) is 46.3 Å². The first-order chi connectivity index (χ1) is 21.3. The lowest BCUT2D eigenvalue weighted by molar-refractivity contribution is -0.0644. The Bertz CT molecular complexity index is 1950. The van der Waals surface area contributed by atoms with Gasteiger partial charge >= 0.3 is 6.72 Å². The SMILES string of the molecule is Nc1nc2c(ncn2[C@@H]2O[C@H](CO[PH](O)=S)[C@@H](F)C2OP(O)(=S)OC2[C@H]3O[C@@H](n4cnc5c(N)ncnc54)[C@H](F)[C@@]23O)c(=O)[nH]1. The van der Waals surface area contributed by atoms with Gasteiger partial charge in [-0.3, -0.25) is 28.0 Å². The summed E-state index contributed by atoms with van der Waals surface area (Å²) in [6.07, 6.45) is -9.55. The fourth-order valence-electron chi connectivity index (χ4n) is 5.45. The molecule has 4 aromatic rings. The van der Waals surface area contributed by atoms with E-state index < -0.39 is 80.9 Å². The molecule has 0 bridgehead atoms. The van der Waals surface area contributed by atoms with Crippen molar-refractivity contribution in [2.24, 2.45) is 0 Å². The Morgan fingerprint density at radius 1 is 1.11 bits per heavy atom. The minimum atomic E-state index is -4.51. The first kappa shape index (κ1) is 31.0. The van der Waals surface area contributed by atoms with Crippen molar-refractivity contribution in [2.45, 2.75) is 54.8 Å². The summed E-state index contributed by atoms with van der Waals surface area (Å²) in [5.74, 6) is -0.219. The molecule has 0 radical (unpaired) electrons. The molecular formula is C20H22F2N10O9P2S2. The summed E-state index contributed by atoms with van der Waals surface area (Å²) in [4.78, 5) is 54.9. The summed E-state index contributed by atoms with van der Waals surface area (Å²) in [7, 11) is -2.66. The maximum absolute atomic E-state index is 15.8. The molecule has 242 valence electrons. The number of halogens is 2. The normalized spacial score (nSPS) is 34.7. The van der Waals surface area contributed by atoms with E-state index in [9.17, 15) is 19.7 Å². The Balaban J connectivity index is 1.12. The van der Waals surface area contributed by atoms with Crippen LogP contribution in [0.5, 0.6) is 0 Å². The fraction of sp³-hybridized carbons (Fsp3) is 0.500. The second kappa shape index (κ2) is 11.0. The molecule has 0 aromatic carbocycles. The number of aromatic nitrogens is 8. The largest absolute Gasteiger partial charge is 0.382 e. The molecule has 6 heterocycles. The summed E-state index contributed by atoms with van der Waals surface area (Å²) < 4.78 is 61.2. The van der Waals surface area contributed by atoms with Gasteiger partial charge in [-0.25, -0.2) is 28.7 Å².